The van der Waals surface area contributed by atoms with Crippen LogP contribution in [0.25, 0.3) is 0 Å². The highest BCUT2D eigenvalue weighted by molar-refractivity contribution is 8.07. The Balaban J connectivity index is 1.75. The lowest BCUT2D eigenvalue weighted by molar-refractivity contribution is 0.475. The molecule has 1 aromatic heterocycles. The summed E-state index contributed by atoms with van der Waals surface area (Å²) < 4.78 is 1.97. The van der Waals surface area contributed by atoms with Crippen molar-refractivity contribution >= 4 is 23.5 Å². The number of aromatic hydroxyl groups is 1. The van der Waals surface area contributed by atoms with Crippen LogP contribution in [0.4, 0.5) is 0 Å². The fourth-order valence-electron chi connectivity index (χ4n) is 2.03. The van der Waals surface area contributed by atoms with Crippen molar-refractivity contribution in [1.82, 2.24) is 14.9 Å². The second-order valence-corrected chi connectivity index (χ2v) is 5.88. The summed E-state index contributed by atoms with van der Waals surface area (Å²) in [6, 6.07) is 7.31. The summed E-state index contributed by atoms with van der Waals surface area (Å²) in [6.45, 7) is 0. The minimum Gasteiger partial charge on any atom is -0.508 e. The summed E-state index contributed by atoms with van der Waals surface area (Å²) in [7, 11) is 0. The molecule has 18 heavy (non-hydrogen) atoms. The van der Waals surface area contributed by atoms with Gasteiger partial charge in [0.15, 0.2) is 0 Å². The zero-order chi connectivity index (χ0) is 12.1. The standard InChI is InChI=1S/C11H8N4OS2/c16-8-3-1-7(2-4-8)10-15-9(5-17-10)18-11-13-12-6-14(11)15/h1-6,10,16H. The predicted molar refractivity (Wildman–Crippen MR) is 70.6 cm³/mol. The van der Waals surface area contributed by atoms with Crippen molar-refractivity contribution in [3.05, 3.63) is 46.6 Å². The number of phenols is 1. The Bertz CT molecular complexity index is 637. The van der Waals surface area contributed by atoms with Crippen LogP contribution in [0.1, 0.15) is 10.9 Å². The molecule has 0 spiro atoms. The third kappa shape index (κ3) is 1.37. The molecule has 1 aromatic carbocycles. The Kier molecular flexibility index (Phi) is 2.12. The van der Waals surface area contributed by atoms with Crippen LogP contribution < -0.4 is 5.01 Å². The molecule has 0 saturated carbocycles. The van der Waals surface area contributed by atoms with E-state index in [0.717, 1.165) is 10.7 Å². The van der Waals surface area contributed by atoms with Gasteiger partial charge in [0.2, 0.25) is 5.16 Å². The van der Waals surface area contributed by atoms with Crippen LogP contribution in [-0.4, -0.2) is 20.0 Å². The number of phenolic OH excluding ortho intramolecular Hbond substituents is 1. The molecule has 1 unspecified atom stereocenters. The van der Waals surface area contributed by atoms with Gasteiger partial charge in [-0.1, -0.05) is 23.9 Å². The summed E-state index contributed by atoms with van der Waals surface area (Å²) in [5.74, 6) is 0.288. The van der Waals surface area contributed by atoms with Gasteiger partial charge in [0, 0.05) is 5.41 Å². The predicted octanol–water partition coefficient (Wildman–Crippen LogP) is 2.27. The maximum absolute atomic E-state index is 9.35. The molecule has 4 rings (SSSR count). The zero-order valence-corrected chi connectivity index (χ0v) is 10.7. The fraction of sp³-hybridized carbons (Fsp3) is 0.0909. The first-order valence-corrected chi connectivity index (χ1v) is 7.11. The second-order valence-electron chi connectivity index (χ2n) is 3.94. The molecule has 0 amide bonds. The maximum atomic E-state index is 9.35. The van der Waals surface area contributed by atoms with E-state index >= 15 is 0 Å². The number of hydrogen-bond donors (Lipinski definition) is 1. The molecule has 1 N–H and O–H groups in total. The lowest BCUT2D eigenvalue weighted by Gasteiger charge is -2.24. The first-order valence-electron chi connectivity index (χ1n) is 5.35. The van der Waals surface area contributed by atoms with Crippen LogP contribution in [0.2, 0.25) is 0 Å². The second kappa shape index (κ2) is 3.69. The SMILES string of the molecule is Oc1ccc(C2SC=C3Sc4nncn4N32)cc1. The minimum absolute atomic E-state index is 0.172. The summed E-state index contributed by atoms with van der Waals surface area (Å²) in [5, 5.41) is 23.9. The van der Waals surface area contributed by atoms with E-state index in [9.17, 15) is 5.11 Å². The number of rotatable bonds is 1. The van der Waals surface area contributed by atoms with Crippen molar-refractivity contribution in [2.75, 3.05) is 5.01 Å². The number of benzene rings is 1. The van der Waals surface area contributed by atoms with Gasteiger partial charge in [-0.15, -0.1) is 10.2 Å². The van der Waals surface area contributed by atoms with E-state index in [1.165, 1.54) is 5.03 Å². The van der Waals surface area contributed by atoms with Crippen molar-refractivity contribution < 1.29 is 5.11 Å². The van der Waals surface area contributed by atoms with E-state index in [4.69, 9.17) is 0 Å². The van der Waals surface area contributed by atoms with E-state index in [1.54, 1.807) is 42.0 Å². The van der Waals surface area contributed by atoms with Crippen LogP contribution in [-0.2, 0) is 0 Å². The lowest BCUT2D eigenvalue weighted by Crippen LogP contribution is -2.28. The van der Waals surface area contributed by atoms with Crippen molar-refractivity contribution in [3.63, 3.8) is 0 Å². The number of fused-ring (bicyclic) bond motifs is 3. The molecule has 0 bridgehead atoms. The molecular weight excluding hydrogens is 268 g/mol. The highest BCUT2D eigenvalue weighted by Crippen LogP contribution is 2.50. The summed E-state index contributed by atoms with van der Waals surface area (Å²) in [4.78, 5) is 0. The van der Waals surface area contributed by atoms with Crippen LogP contribution in [0.15, 0.2) is 46.2 Å². The molecule has 90 valence electrons. The number of nitrogens with zero attached hydrogens (tertiary/aromatic N) is 4. The third-order valence-electron chi connectivity index (χ3n) is 2.85. The Morgan fingerprint density at radius 1 is 1.22 bits per heavy atom. The Morgan fingerprint density at radius 2 is 2.06 bits per heavy atom. The van der Waals surface area contributed by atoms with Crippen LogP contribution in [0.5, 0.6) is 5.75 Å². The number of hydrogen-bond acceptors (Lipinski definition) is 6. The number of thioether (sulfide) groups is 2. The van der Waals surface area contributed by atoms with E-state index in [0.29, 0.717) is 0 Å². The topological polar surface area (TPSA) is 54.2 Å². The van der Waals surface area contributed by atoms with E-state index in [2.05, 4.69) is 20.6 Å². The first kappa shape index (κ1) is 10.3. The molecule has 0 aliphatic carbocycles. The Labute approximate surface area is 111 Å². The maximum Gasteiger partial charge on any atom is 0.216 e. The van der Waals surface area contributed by atoms with Crippen LogP contribution in [0.3, 0.4) is 0 Å². The molecule has 0 radical (unpaired) electrons. The third-order valence-corrected chi connectivity index (χ3v) is 5.06. The van der Waals surface area contributed by atoms with Gasteiger partial charge in [-0.3, -0.25) is 5.01 Å². The molecule has 1 atom stereocenters. The molecular formula is C11H8N4OS2. The summed E-state index contributed by atoms with van der Waals surface area (Å²) in [5.41, 5.74) is 1.14. The van der Waals surface area contributed by atoms with Crippen LogP contribution in [0, 0.1) is 0 Å². The van der Waals surface area contributed by atoms with E-state index in [-0.39, 0.29) is 11.1 Å². The van der Waals surface area contributed by atoms with Gasteiger partial charge in [0.05, 0.1) is 0 Å². The van der Waals surface area contributed by atoms with Gasteiger partial charge in [-0.25, -0.2) is 4.68 Å². The quantitative estimate of drug-likeness (QED) is 0.862. The molecule has 0 fully saturated rings. The van der Waals surface area contributed by atoms with Crippen molar-refractivity contribution in [2.45, 2.75) is 10.5 Å². The first-order chi connectivity index (χ1) is 8.83. The average molecular weight is 276 g/mol. The van der Waals surface area contributed by atoms with Crippen molar-refractivity contribution in [2.24, 2.45) is 0 Å². The van der Waals surface area contributed by atoms with E-state index in [1.807, 2.05) is 16.8 Å². The van der Waals surface area contributed by atoms with Gasteiger partial charge in [0.1, 0.15) is 22.5 Å². The molecule has 0 saturated heterocycles. The summed E-state index contributed by atoms with van der Waals surface area (Å²) in [6.07, 6.45) is 1.72. The van der Waals surface area contributed by atoms with E-state index < -0.39 is 0 Å². The average Bonchev–Trinajstić information content (AvgIpc) is 3.01. The molecule has 5 nitrogen and oxygen atoms in total. The molecule has 3 heterocycles. The Morgan fingerprint density at radius 3 is 2.89 bits per heavy atom. The van der Waals surface area contributed by atoms with Gasteiger partial charge < -0.3 is 5.11 Å². The zero-order valence-electron chi connectivity index (χ0n) is 9.09. The van der Waals surface area contributed by atoms with Gasteiger partial charge in [-0.05, 0) is 29.5 Å². The number of aromatic nitrogens is 3. The molecule has 2 aliphatic rings. The highest BCUT2D eigenvalue weighted by atomic mass is 32.2. The minimum atomic E-state index is 0.172. The largest absolute Gasteiger partial charge is 0.508 e. The highest BCUT2D eigenvalue weighted by Gasteiger charge is 2.37. The normalized spacial score (nSPS) is 20.8. The van der Waals surface area contributed by atoms with Crippen LogP contribution >= 0.6 is 23.5 Å². The fourth-order valence-corrected chi connectivity index (χ4v) is 4.24. The summed E-state index contributed by atoms with van der Waals surface area (Å²) >= 11 is 3.37. The lowest BCUT2D eigenvalue weighted by atomic mass is 10.2. The smallest absolute Gasteiger partial charge is 0.216 e. The Hall–Kier alpha value is -1.60. The molecule has 7 heteroatoms. The van der Waals surface area contributed by atoms with Crippen molar-refractivity contribution in [1.29, 1.82) is 0 Å². The van der Waals surface area contributed by atoms with Gasteiger partial charge >= 0.3 is 0 Å². The molecule has 2 aromatic rings. The van der Waals surface area contributed by atoms with Gasteiger partial charge in [0.25, 0.3) is 0 Å². The monoisotopic (exact) mass is 276 g/mol. The van der Waals surface area contributed by atoms with Crippen molar-refractivity contribution in [3.8, 4) is 5.75 Å². The molecule has 2 aliphatic heterocycles. The van der Waals surface area contributed by atoms with Gasteiger partial charge in [-0.2, -0.15) is 0 Å².